The van der Waals surface area contributed by atoms with Gasteiger partial charge < -0.3 is 5.32 Å². The van der Waals surface area contributed by atoms with Crippen LogP contribution in [0.4, 0.5) is 4.39 Å². The molecular formula is C14H21ClFN. The van der Waals surface area contributed by atoms with Crippen LogP contribution in [-0.4, -0.2) is 13.1 Å². The van der Waals surface area contributed by atoms with Crippen LogP contribution in [0.1, 0.15) is 26.3 Å². The van der Waals surface area contributed by atoms with E-state index < -0.39 is 0 Å². The minimum atomic E-state index is -0.212. The van der Waals surface area contributed by atoms with E-state index >= 15 is 0 Å². The molecule has 0 saturated carbocycles. The fourth-order valence-corrected chi connectivity index (χ4v) is 2.02. The van der Waals surface area contributed by atoms with Gasteiger partial charge in [-0.25, -0.2) is 4.39 Å². The number of benzene rings is 1. The molecule has 0 saturated heterocycles. The summed E-state index contributed by atoms with van der Waals surface area (Å²) in [5.74, 6) is 0.818. The van der Waals surface area contributed by atoms with Crippen LogP contribution >= 0.6 is 11.6 Å². The molecule has 0 aliphatic rings. The van der Waals surface area contributed by atoms with Gasteiger partial charge in [0, 0.05) is 5.02 Å². The largest absolute Gasteiger partial charge is 0.317 e. The summed E-state index contributed by atoms with van der Waals surface area (Å²) in [5, 5.41) is 3.99. The summed E-state index contributed by atoms with van der Waals surface area (Å²) >= 11 is 6.07. The van der Waals surface area contributed by atoms with E-state index in [2.05, 4.69) is 26.1 Å². The molecule has 1 aromatic rings. The molecule has 0 aliphatic heterocycles. The Morgan fingerprint density at radius 2 is 2.00 bits per heavy atom. The van der Waals surface area contributed by atoms with Gasteiger partial charge in [-0.1, -0.05) is 32.4 Å². The van der Waals surface area contributed by atoms with Gasteiger partial charge in [-0.15, -0.1) is 0 Å². The van der Waals surface area contributed by atoms with Gasteiger partial charge >= 0.3 is 0 Å². The van der Waals surface area contributed by atoms with E-state index in [9.17, 15) is 4.39 Å². The number of hydrogen-bond donors (Lipinski definition) is 1. The van der Waals surface area contributed by atoms with Gasteiger partial charge in [0.25, 0.3) is 0 Å². The molecule has 1 N–H and O–H groups in total. The number of hydrogen-bond acceptors (Lipinski definition) is 1. The smallest absolute Gasteiger partial charge is 0.123 e. The predicted octanol–water partition coefficient (Wildman–Crippen LogP) is 3.90. The van der Waals surface area contributed by atoms with E-state index in [0.29, 0.717) is 16.9 Å². The van der Waals surface area contributed by atoms with Gasteiger partial charge in [0.15, 0.2) is 0 Å². The highest BCUT2D eigenvalue weighted by Crippen LogP contribution is 2.23. The Morgan fingerprint density at radius 3 is 2.65 bits per heavy atom. The molecule has 17 heavy (non-hydrogen) atoms. The minimum Gasteiger partial charge on any atom is -0.317 e. The number of halogens is 2. The Morgan fingerprint density at radius 1 is 1.29 bits per heavy atom. The first-order valence-electron chi connectivity index (χ1n) is 6.19. The second kappa shape index (κ2) is 6.97. The summed E-state index contributed by atoms with van der Waals surface area (Å²) < 4.78 is 13.1. The summed E-state index contributed by atoms with van der Waals surface area (Å²) in [4.78, 5) is 0. The first kappa shape index (κ1) is 14.5. The maximum absolute atomic E-state index is 13.1. The van der Waals surface area contributed by atoms with Crippen LogP contribution in [0.5, 0.6) is 0 Å². The van der Waals surface area contributed by atoms with E-state index in [1.807, 2.05) is 0 Å². The molecule has 0 aromatic heterocycles. The van der Waals surface area contributed by atoms with Gasteiger partial charge in [-0.2, -0.15) is 0 Å². The van der Waals surface area contributed by atoms with Crippen LogP contribution in [0, 0.1) is 17.7 Å². The summed E-state index contributed by atoms with van der Waals surface area (Å²) in [5.41, 5.74) is 0.905. The van der Waals surface area contributed by atoms with E-state index in [4.69, 9.17) is 11.6 Å². The average molecular weight is 258 g/mol. The first-order valence-corrected chi connectivity index (χ1v) is 6.57. The highest BCUT2D eigenvalue weighted by atomic mass is 35.5. The molecular weight excluding hydrogens is 237 g/mol. The van der Waals surface area contributed by atoms with Crippen LogP contribution in [-0.2, 0) is 6.42 Å². The van der Waals surface area contributed by atoms with Gasteiger partial charge in [0.2, 0.25) is 0 Å². The Hall–Kier alpha value is -0.600. The predicted molar refractivity (Wildman–Crippen MR) is 72.0 cm³/mol. The molecule has 0 spiro atoms. The standard InChI is InChI=1S/C14H21ClFN/c1-4-17-9-11(3)10(2)7-12-8-13(16)5-6-14(12)15/h5-6,8,10-11,17H,4,7,9H2,1-3H3. The van der Waals surface area contributed by atoms with Crippen LogP contribution in [0.25, 0.3) is 0 Å². The topological polar surface area (TPSA) is 12.0 Å². The molecule has 0 radical (unpaired) electrons. The normalized spacial score (nSPS) is 14.6. The van der Waals surface area contributed by atoms with Crippen molar-refractivity contribution in [1.82, 2.24) is 5.32 Å². The minimum absolute atomic E-state index is 0.212. The average Bonchev–Trinajstić information content (AvgIpc) is 2.30. The molecule has 2 atom stereocenters. The van der Waals surface area contributed by atoms with Crippen LogP contribution < -0.4 is 5.32 Å². The summed E-state index contributed by atoms with van der Waals surface area (Å²) in [6.07, 6.45) is 0.823. The fourth-order valence-electron chi connectivity index (χ4n) is 1.82. The van der Waals surface area contributed by atoms with E-state index in [-0.39, 0.29) is 5.82 Å². The van der Waals surface area contributed by atoms with Crippen molar-refractivity contribution in [3.8, 4) is 0 Å². The third-order valence-electron chi connectivity index (χ3n) is 3.24. The zero-order valence-electron chi connectivity index (χ0n) is 10.8. The van der Waals surface area contributed by atoms with Gasteiger partial charge in [0.05, 0.1) is 0 Å². The molecule has 1 nitrogen and oxygen atoms in total. The zero-order chi connectivity index (χ0) is 12.8. The first-order chi connectivity index (χ1) is 8.04. The molecule has 1 aromatic carbocycles. The third-order valence-corrected chi connectivity index (χ3v) is 3.61. The van der Waals surface area contributed by atoms with Crippen molar-refractivity contribution >= 4 is 11.6 Å². The quantitative estimate of drug-likeness (QED) is 0.815. The van der Waals surface area contributed by atoms with E-state index in [1.165, 1.54) is 6.07 Å². The van der Waals surface area contributed by atoms with Crippen molar-refractivity contribution in [3.05, 3.63) is 34.6 Å². The Bertz CT molecular complexity index is 354. The van der Waals surface area contributed by atoms with Crippen molar-refractivity contribution in [3.63, 3.8) is 0 Å². The van der Waals surface area contributed by atoms with Crippen LogP contribution in [0.3, 0.4) is 0 Å². The van der Waals surface area contributed by atoms with Crippen molar-refractivity contribution in [2.75, 3.05) is 13.1 Å². The van der Waals surface area contributed by atoms with Crippen molar-refractivity contribution in [2.45, 2.75) is 27.2 Å². The molecule has 96 valence electrons. The zero-order valence-corrected chi connectivity index (χ0v) is 11.5. The lowest BCUT2D eigenvalue weighted by atomic mass is 9.89. The van der Waals surface area contributed by atoms with Crippen LogP contribution in [0.2, 0.25) is 5.02 Å². The Labute approximate surface area is 108 Å². The second-order valence-electron chi connectivity index (χ2n) is 4.70. The summed E-state index contributed by atoms with van der Waals surface area (Å²) in [7, 11) is 0. The maximum Gasteiger partial charge on any atom is 0.123 e. The van der Waals surface area contributed by atoms with Gasteiger partial charge in [0.1, 0.15) is 5.82 Å². The SMILES string of the molecule is CCNCC(C)C(C)Cc1cc(F)ccc1Cl. The van der Waals surface area contributed by atoms with Crippen molar-refractivity contribution < 1.29 is 4.39 Å². The third kappa shape index (κ3) is 4.64. The number of rotatable bonds is 6. The highest BCUT2D eigenvalue weighted by molar-refractivity contribution is 6.31. The fraction of sp³-hybridized carbons (Fsp3) is 0.571. The molecule has 0 bridgehead atoms. The Balaban J connectivity index is 2.60. The lowest BCUT2D eigenvalue weighted by Crippen LogP contribution is -2.25. The van der Waals surface area contributed by atoms with E-state index in [1.54, 1.807) is 12.1 Å². The van der Waals surface area contributed by atoms with E-state index in [0.717, 1.165) is 25.1 Å². The van der Waals surface area contributed by atoms with Crippen molar-refractivity contribution in [2.24, 2.45) is 11.8 Å². The molecule has 0 amide bonds. The van der Waals surface area contributed by atoms with Gasteiger partial charge in [-0.3, -0.25) is 0 Å². The maximum atomic E-state index is 13.1. The highest BCUT2D eigenvalue weighted by Gasteiger charge is 2.14. The van der Waals surface area contributed by atoms with Gasteiger partial charge in [-0.05, 0) is 55.1 Å². The molecule has 0 heterocycles. The lowest BCUT2D eigenvalue weighted by molar-refractivity contribution is 0.368. The van der Waals surface area contributed by atoms with Crippen LogP contribution in [0.15, 0.2) is 18.2 Å². The summed E-state index contributed by atoms with van der Waals surface area (Å²) in [6, 6.07) is 4.57. The molecule has 2 unspecified atom stereocenters. The van der Waals surface area contributed by atoms with Crippen molar-refractivity contribution in [1.29, 1.82) is 0 Å². The molecule has 1 rings (SSSR count). The Kier molecular flexibility index (Phi) is 5.93. The molecule has 3 heteroatoms. The second-order valence-corrected chi connectivity index (χ2v) is 5.11. The summed E-state index contributed by atoms with van der Waals surface area (Å²) in [6.45, 7) is 8.47. The molecule has 0 aliphatic carbocycles. The number of nitrogens with one attached hydrogen (secondary N) is 1. The monoisotopic (exact) mass is 257 g/mol. The lowest BCUT2D eigenvalue weighted by Gasteiger charge is -2.20. The molecule has 0 fully saturated rings.